The third-order valence-corrected chi connectivity index (χ3v) is 6.01. The van der Waals surface area contributed by atoms with Crippen LogP contribution >= 0.6 is 11.6 Å². The summed E-state index contributed by atoms with van der Waals surface area (Å²) in [7, 11) is 0. The summed E-state index contributed by atoms with van der Waals surface area (Å²) in [5, 5.41) is 0.629. The van der Waals surface area contributed by atoms with Crippen molar-refractivity contribution in [3.63, 3.8) is 0 Å². The van der Waals surface area contributed by atoms with Crippen LogP contribution in [-0.2, 0) is 17.4 Å². The Balaban J connectivity index is 1.88. The fourth-order valence-electron chi connectivity index (χ4n) is 3.92. The highest BCUT2D eigenvalue weighted by Crippen LogP contribution is 2.36. The molecule has 0 aliphatic rings. The molecule has 0 radical (unpaired) electrons. The quantitative estimate of drug-likeness (QED) is 0.409. The van der Waals surface area contributed by atoms with Crippen LogP contribution in [0.25, 0.3) is 0 Å². The number of hydrogen-bond donors (Lipinski definition) is 1. The molecule has 0 spiro atoms. The Hall–Kier alpha value is -3.13. The van der Waals surface area contributed by atoms with Crippen molar-refractivity contribution in [2.45, 2.75) is 44.4 Å². The zero-order valence-electron chi connectivity index (χ0n) is 18.7. The maximum absolute atomic E-state index is 13.0. The summed E-state index contributed by atoms with van der Waals surface area (Å²) in [6.07, 6.45) is -2.95. The lowest BCUT2D eigenvalue weighted by molar-refractivity contribution is -0.142. The van der Waals surface area contributed by atoms with Crippen LogP contribution < -0.4 is 10.5 Å². The number of nitrogens with zero attached hydrogens (tertiary/aromatic N) is 2. The summed E-state index contributed by atoms with van der Waals surface area (Å²) in [5.41, 5.74) is 4.95. The first-order valence-corrected chi connectivity index (χ1v) is 11.0. The van der Waals surface area contributed by atoms with Crippen LogP contribution in [0, 0.1) is 5.92 Å². The summed E-state index contributed by atoms with van der Waals surface area (Å²) in [5.74, 6) is -1.01. The standard InChI is InChI=1S/C25H25ClF3N3O2/c1-16(20(18-6-4-3-5-7-18)14-17-8-10-19(26)11-9-17)15-24(2,22(30)33)34-23-31-13-12-21(32-23)25(27,28)29/h3-13,16,20H,14-15H2,1-2H3,(H2,30,33)/t16-,20-,24?/m0/s1. The Morgan fingerprint density at radius 2 is 1.74 bits per heavy atom. The van der Waals surface area contributed by atoms with E-state index in [1.807, 2.05) is 61.5 Å². The van der Waals surface area contributed by atoms with Gasteiger partial charge in [0, 0.05) is 11.2 Å². The van der Waals surface area contributed by atoms with Gasteiger partial charge in [0.1, 0.15) is 0 Å². The van der Waals surface area contributed by atoms with Crippen LogP contribution in [0.3, 0.4) is 0 Å². The summed E-state index contributed by atoms with van der Waals surface area (Å²) in [4.78, 5) is 19.6. The smallest absolute Gasteiger partial charge is 0.433 e. The van der Waals surface area contributed by atoms with Crippen molar-refractivity contribution in [2.24, 2.45) is 11.7 Å². The molecule has 9 heteroatoms. The molecule has 3 rings (SSSR count). The van der Waals surface area contributed by atoms with Gasteiger partial charge in [-0.3, -0.25) is 4.79 Å². The van der Waals surface area contributed by atoms with Gasteiger partial charge in [0.25, 0.3) is 5.91 Å². The average molecular weight is 492 g/mol. The highest BCUT2D eigenvalue weighted by atomic mass is 35.5. The molecule has 1 unspecified atom stereocenters. The molecule has 180 valence electrons. The predicted molar refractivity (Wildman–Crippen MR) is 123 cm³/mol. The molecule has 1 heterocycles. The van der Waals surface area contributed by atoms with Gasteiger partial charge in [-0.05, 0) is 60.9 Å². The van der Waals surface area contributed by atoms with Crippen molar-refractivity contribution in [1.29, 1.82) is 0 Å². The molecular weight excluding hydrogens is 467 g/mol. The van der Waals surface area contributed by atoms with Crippen molar-refractivity contribution in [2.75, 3.05) is 0 Å². The number of amides is 1. The second-order valence-corrected chi connectivity index (χ2v) is 8.88. The minimum absolute atomic E-state index is 0.0351. The van der Waals surface area contributed by atoms with Gasteiger partial charge in [-0.15, -0.1) is 0 Å². The molecule has 0 saturated carbocycles. The van der Waals surface area contributed by atoms with E-state index < -0.39 is 29.4 Å². The zero-order valence-corrected chi connectivity index (χ0v) is 19.5. The third-order valence-electron chi connectivity index (χ3n) is 5.76. The molecular formula is C25H25ClF3N3O2. The molecule has 3 atom stereocenters. The van der Waals surface area contributed by atoms with Gasteiger partial charge >= 0.3 is 12.2 Å². The number of aromatic nitrogens is 2. The van der Waals surface area contributed by atoms with Crippen molar-refractivity contribution >= 4 is 17.5 Å². The fraction of sp³-hybridized carbons (Fsp3) is 0.320. The molecule has 2 aromatic carbocycles. The van der Waals surface area contributed by atoms with Gasteiger partial charge in [-0.1, -0.05) is 61.0 Å². The summed E-state index contributed by atoms with van der Waals surface area (Å²) >= 11 is 6.02. The maximum Gasteiger partial charge on any atom is 0.433 e. The van der Waals surface area contributed by atoms with Gasteiger partial charge in [0.15, 0.2) is 11.3 Å². The summed E-state index contributed by atoms with van der Waals surface area (Å²) in [6, 6.07) is 17.4. The molecule has 0 aliphatic carbocycles. The second-order valence-electron chi connectivity index (χ2n) is 8.45. The lowest BCUT2D eigenvalue weighted by atomic mass is 9.77. The minimum atomic E-state index is -4.67. The first-order chi connectivity index (χ1) is 16.0. The zero-order chi connectivity index (χ0) is 24.9. The van der Waals surface area contributed by atoms with E-state index >= 15 is 0 Å². The molecule has 2 N–H and O–H groups in total. The lowest BCUT2D eigenvalue weighted by Crippen LogP contribution is -2.48. The summed E-state index contributed by atoms with van der Waals surface area (Å²) < 4.78 is 44.8. The van der Waals surface area contributed by atoms with Crippen molar-refractivity contribution in [3.05, 3.63) is 88.7 Å². The monoisotopic (exact) mass is 491 g/mol. The Labute approximate surface area is 201 Å². The number of carbonyl (C=O) groups excluding carboxylic acids is 1. The lowest BCUT2D eigenvalue weighted by Gasteiger charge is -2.33. The number of rotatable bonds is 9. The number of hydrogen-bond acceptors (Lipinski definition) is 4. The van der Waals surface area contributed by atoms with Gasteiger partial charge in [-0.25, -0.2) is 4.98 Å². The van der Waals surface area contributed by atoms with E-state index in [1.165, 1.54) is 6.92 Å². The van der Waals surface area contributed by atoms with Crippen molar-refractivity contribution in [1.82, 2.24) is 9.97 Å². The van der Waals surface area contributed by atoms with Gasteiger partial charge in [0.2, 0.25) is 0 Å². The fourth-order valence-corrected chi connectivity index (χ4v) is 4.05. The van der Waals surface area contributed by atoms with E-state index in [2.05, 4.69) is 9.97 Å². The van der Waals surface area contributed by atoms with Gasteiger partial charge < -0.3 is 10.5 Å². The molecule has 34 heavy (non-hydrogen) atoms. The molecule has 1 amide bonds. The van der Waals surface area contributed by atoms with E-state index in [4.69, 9.17) is 22.1 Å². The SMILES string of the molecule is C[C@@H](CC(C)(Oc1nccc(C(F)(F)F)n1)C(N)=O)[C@H](Cc1ccc(Cl)cc1)c1ccccc1. The Morgan fingerprint density at radius 1 is 1.09 bits per heavy atom. The molecule has 0 bridgehead atoms. The first-order valence-electron chi connectivity index (χ1n) is 10.7. The highest BCUT2D eigenvalue weighted by Gasteiger charge is 2.39. The largest absolute Gasteiger partial charge is 0.447 e. The van der Waals surface area contributed by atoms with Crippen LogP contribution in [0.15, 0.2) is 66.9 Å². The first kappa shape index (κ1) is 25.5. The topological polar surface area (TPSA) is 78.1 Å². The number of primary amides is 1. The number of ether oxygens (including phenoxy) is 1. The third kappa shape index (κ3) is 6.47. The van der Waals surface area contributed by atoms with Crippen LogP contribution in [0.2, 0.25) is 5.02 Å². The number of nitrogens with two attached hydrogens (primary N) is 1. The van der Waals surface area contributed by atoms with E-state index in [9.17, 15) is 18.0 Å². The normalized spacial score (nSPS) is 15.2. The number of carbonyl (C=O) groups is 1. The summed E-state index contributed by atoms with van der Waals surface area (Å²) in [6.45, 7) is 3.39. The van der Waals surface area contributed by atoms with Gasteiger partial charge in [-0.2, -0.15) is 18.2 Å². The Morgan fingerprint density at radius 3 is 2.32 bits per heavy atom. The molecule has 1 aromatic heterocycles. The Kier molecular flexibility index (Phi) is 7.82. The predicted octanol–water partition coefficient (Wildman–Crippen LogP) is 5.82. The van der Waals surface area contributed by atoms with Gasteiger partial charge in [0.05, 0.1) is 0 Å². The van der Waals surface area contributed by atoms with Crippen molar-refractivity contribution in [3.8, 4) is 6.01 Å². The molecule has 3 aromatic rings. The second kappa shape index (κ2) is 10.4. The van der Waals surface area contributed by atoms with Crippen LogP contribution in [0.5, 0.6) is 6.01 Å². The molecule has 5 nitrogen and oxygen atoms in total. The average Bonchev–Trinajstić information content (AvgIpc) is 2.78. The molecule has 0 aliphatic heterocycles. The maximum atomic E-state index is 13.0. The highest BCUT2D eigenvalue weighted by molar-refractivity contribution is 6.30. The van der Waals surface area contributed by atoms with Crippen LogP contribution in [0.4, 0.5) is 13.2 Å². The molecule has 0 saturated heterocycles. The minimum Gasteiger partial charge on any atom is -0.447 e. The number of alkyl halides is 3. The van der Waals surface area contributed by atoms with E-state index in [0.717, 1.165) is 23.4 Å². The van der Waals surface area contributed by atoms with E-state index in [1.54, 1.807) is 0 Å². The van der Waals surface area contributed by atoms with Crippen LogP contribution in [0.1, 0.15) is 43.0 Å². The molecule has 0 fully saturated rings. The van der Waals surface area contributed by atoms with E-state index in [-0.39, 0.29) is 18.3 Å². The number of halogens is 4. The number of benzene rings is 2. The van der Waals surface area contributed by atoms with Crippen LogP contribution in [-0.4, -0.2) is 21.5 Å². The van der Waals surface area contributed by atoms with E-state index in [0.29, 0.717) is 11.4 Å². The Bertz CT molecular complexity index is 1110. The van der Waals surface area contributed by atoms with Crippen molar-refractivity contribution < 1.29 is 22.7 Å².